The summed E-state index contributed by atoms with van der Waals surface area (Å²) in [6.07, 6.45) is 1.38. The smallest absolute Gasteiger partial charge is 0.303 e. The van der Waals surface area contributed by atoms with Gasteiger partial charge in [-0.25, -0.2) is 18.1 Å². The summed E-state index contributed by atoms with van der Waals surface area (Å²) in [6, 6.07) is 3.08. The van der Waals surface area contributed by atoms with Crippen molar-refractivity contribution in [3.8, 4) is 0 Å². The van der Waals surface area contributed by atoms with Gasteiger partial charge in [-0.15, -0.1) is 0 Å². The van der Waals surface area contributed by atoms with Crippen LogP contribution < -0.4 is 9.62 Å². The number of aromatic nitrogens is 1. The molecule has 0 bridgehead atoms. The molecule has 0 fully saturated rings. The minimum Gasteiger partial charge on any atom is -0.481 e. The second-order valence-electron chi connectivity index (χ2n) is 5.63. The number of aliphatic carboxylic acids is 1. The number of sulfonamides is 1. The minimum absolute atomic E-state index is 0.0523. The molecule has 8 heteroatoms. The fraction of sp³-hybridized carbons (Fsp3) is 0.538. The summed E-state index contributed by atoms with van der Waals surface area (Å²) >= 11 is 0. The van der Waals surface area contributed by atoms with Crippen LogP contribution in [0.3, 0.4) is 0 Å². The van der Waals surface area contributed by atoms with Crippen molar-refractivity contribution in [2.75, 3.05) is 19.0 Å². The molecule has 1 rings (SSSR count). The van der Waals surface area contributed by atoms with Crippen molar-refractivity contribution in [3.63, 3.8) is 0 Å². The molecule has 0 atom stereocenters. The predicted octanol–water partition coefficient (Wildman–Crippen LogP) is 1.07. The predicted molar refractivity (Wildman–Crippen MR) is 79.8 cm³/mol. The van der Waals surface area contributed by atoms with E-state index in [1.54, 1.807) is 24.8 Å². The lowest BCUT2D eigenvalue weighted by atomic mass is 10.0. The molecule has 1 aromatic heterocycles. The van der Waals surface area contributed by atoms with Crippen LogP contribution in [0, 0.1) is 0 Å². The Hall–Kier alpha value is -1.67. The van der Waals surface area contributed by atoms with E-state index >= 15 is 0 Å². The number of carboxylic acids is 1. The first-order chi connectivity index (χ1) is 9.53. The van der Waals surface area contributed by atoms with Gasteiger partial charge in [0.2, 0.25) is 10.0 Å². The van der Waals surface area contributed by atoms with Crippen LogP contribution in [-0.4, -0.2) is 44.1 Å². The lowest BCUT2D eigenvalue weighted by Gasteiger charge is -2.25. The second-order valence-corrected chi connectivity index (χ2v) is 7.31. The molecule has 0 aromatic carbocycles. The van der Waals surface area contributed by atoms with Gasteiger partial charge in [0, 0.05) is 32.3 Å². The Morgan fingerprint density at radius 3 is 2.43 bits per heavy atom. The third-order valence-electron chi connectivity index (χ3n) is 2.86. The quantitative estimate of drug-likeness (QED) is 0.781. The maximum absolute atomic E-state index is 12.3. The number of hydrogen-bond acceptors (Lipinski definition) is 5. The molecule has 0 aliphatic heterocycles. The van der Waals surface area contributed by atoms with E-state index in [1.807, 2.05) is 14.1 Å². The number of nitrogens with zero attached hydrogens (tertiary/aromatic N) is 2. The molecule has 0 saturated heterocycles. The summed E-state index contributed by atoms with van der Waals surface area (Å²) in [4.78, 5) is 16.5. The highest BCUT2D eigenvalue weighted by atomic mass is 32.2. The summed E-state index contributed by atoms with van der Waals surface area (Å²) in [5, 5.41) is 8.68. The van der Waals surface area contributed by atoms with E-state index < -0.39 is 21.5 Å². The van der Waals surface area contributed by atoms with E-state index in [0.717, 1.165) is 0 Å². The maximum atomic E-state index is 12.3. The fourth-order valence-electron chi connectivity index (χ4n) is 1.69. The molecule has 2 N–H and O–H groups in total. The number of carboxylic acid groups (broad SMARTS) is 1. The van der Waals surface area contributed by atoms with Gasteiger partial charge in [-0.2, -0.15) is 0 Å². The van der Waals surface area contributed by atoms with E-state index in [1.165, 1.54) is 12.3 Å². The maximum Gasteiger partial charge on any atom is 0.303 e. The van der Waals surface area contributed by atoms with E-state index in [-0.39, 0.29) is 17.7 Å². The second kappa shape index (κ2) is 6.40. The van der Waals surface area contributed by atoms with Crippen LogP contribution in [-0.2, 0) is 14.8 Å². The third-order valence-corrected chi connectivity index (χ3v) is 4.55. The summed E-state index contributed by atoms with van der Waals surface area (Å²) in [6.45, 7) is 3.30. The Morgan fingerprint density at radius 1 is 1.38 bits per heavy atom. The van der Waals surface area contributed by atoms with Gasteiger partial charge in [-0.1, -0.05) is 0 Å². The fourth-order valence-corrected chi connectivity index (χ4v) is 3.08. The molecule has 0 aliphatic carbocycles. The average Bonchev–Trinajstić information content (AvgIpc) is 2.35. The zero-order valence-corrected chi connectivity index (χ0v) is 13.4. The molecule has 118 valence electrons. The van der Waals surface area contributed by atoms with E-state index in [9.17, 15) is 13.2 Å². The zero-order valence-electron chi connectivity index (χ0n) is 12.6. The van der Waals surface area contributed by atoms with E-state index in [0.29, 0.717) is 5.82 Å². The monoisotopic (exact) mass is 315 g/mol. The van der Waals surface area contributed by atoms with Crippen LogP contribution in [0.25, 0.3) is 0 Å². The SMILES string of the molecule is CN(C)c1ccc(S(=O)(=O)NC(C)(C)CCC(=O)O)cn1. The van der Waals surface area contributed by atoms with Crippen molar-refractivity contribution in [1.29, 1.82) is 0 Å². The van der Waals surface area contributed by atoms with Gasteiger partial charge in [-0.3, -0.25) is 4.79 Å². The van der Waals surface area contributed by atoms with Crippen molar-refractivity contribution < 1.29 is 18.3 Å². The van der Waals surface area contributed by atoms with Crippen molar-refractivity contribution in [2.24, 2.45) is 0 Å². The first-order valence-corrected chi connectivity index (χ1v) is 7.91. The molecule has 1 aromatic rings. The Balaban J connectivity index is 2.88. The number of pyridine rings is 1. The normalized spacial score (nSPS) is 12.2. The lowest BCUT2D eigenvalue weighted by Crippen LogP contribution is -2.43. The Morgan fingerprint density at radius 2 is 2.00 bits per heavy atom. The molecule has 1 heterocycles. The Labute approximate surface area is 125 Å². The van der Waals surface area contributed by atoms with Crippen molar-refractivity contribution in [3.05, 3.63) is 18.3 Å². The van der Waals surface area contributed by atoms with Gasteiger partial charge < -0.3 is 10.0 Å². The van der Waals surface area contributed by atoms with Gasteiger partial charge in [0.25, 0.3) is 0 Å². The molecule has 0 saturated carbocycles. The van der Waals surface area contributed by atoms with Gasteiger partial charge in [0.05, 0.1) is 0 Å². The third kappa shape index (κ3) is 5.31. The first-order valence-electron chi connectivity index (χ1n) is 6.43. The van der Waals surface area contributed by atoms with E-state index in [2.05, 4.69) is 9.71 Å². The van der Waals surface area contributed by atoms with Crippen molar-refractivity contribution >= 4 is 21.8 Å². The van der Waals surface area contributed by atoms with Crippen LogP contribution in [0.4, 0.5) is 5.82 Å². The number of hydrogen-bond donors (Lipinski definition) is 2. The highest BCUT2D eigenvalue weighted by molar-refractivity contribution is 7.89. The van der Waals surface area contributed by atoms with Gasteiger partial charge in [-0.05, 0) is 32.4 Å². The number of anilines is 1. The van der Waals surface area contributed by atoms with Gasteiger partial charge in [0.15, 0.2) is 0 Å². The largest absolute Gasteiger partial charge is 0.481 e. The summed E-state index contributed by atoms with van der Waals surface area (Å²) in [5.41, 5.74) is -0.850. The van der Waals surface area contributed by atoms with Crippen LogP contribution in [0.1, 0.15) is 26.7 Å². The minimum atomic E-state index is -3.73. The van der Waals surface area contributed by atoms with E-state index in [4.69, 9.17) is 5.11 Å². The number of nitrogens with one attached hydrogen (secondary N) is 1. The summed E-state index contributed by atoms with van der Waals surface area (Å²) in [7, 11) is -0.114. The molecule has 0 amide bonds. The molecular formula is C13H21N3O4S. The van der Waals surface area contributed by atoms with Gasteiger partial charge in [0.1, 0.15) is 10.7 Å². The highest BCUT2D eigenvalue weighted by Gasteiger charge is 2.27. The van der Waals surface area contributed by atoms with Gasteiger partial charge >= 0.3 is 5.97 Å². The standard InChI is InChI=1S/C13H21N3O4S/c1-13(2,8-7-12(17)18)15-21(19,20)10-5-6-11(14-9-10)16(3)4/h5-6,9,15H,7-8H2,1-4H3,(H,17,18). The molecule has 21 heavy (non-hydrogen) atoms. The molecule has 0 spiro atoms. The topological polar surface area (TPSA) is 99.6 Å². The molecular weight excluding hydrogens is 294 g/mol. The summed E-state index contributed by atoms with van der Waals surface area (Å²) in [5.74, 6) is -0.307. The van der Waals surface area contributed by atoms with Crippen LogP contribution in [0.2, 0.25) is 0 Å². The van der Waals surface area contributed by atoms with Crippen LogP contribution in [0.5, 0.6) is 0 Å². The molecule has 0 aliphatic rings. The Bertz CT molecular complexity index is 594. The first kappa shape index (κ1) is 17.4. The Kier molecular flexibility index (Phi) is 5.30. The molecule has 7 nitrogen and oxygen atoms in total. The number of rotatable bonds is 7. The average molecular weight is 315 g/mol. The lowest BCUT2D eigenvalue weighted by molar-refractivity contribution is -0.137. The highest BCUT2D eigenvalue weighted by Crippen LogP contribution is 2.18. The van der Waals surface area contributed by atoms with Crippen LogP contribution >= 0.6 is 0 Å². The molecule has 0 radical (unpaired) electrons. The van der Waals surface area contributed by atoms with Crippen molar-refractivity contribution in [2.45, 2.75) is 37.1 Å². The number of carbonyl (C=O) groups is 1. The van der Waals surface area contributed by atoms with Crippen molar-refractivity contribution in [1.82, 2.24) is 9.71 Å². The van der Waals surface area contributed by atoms with Crippen LogP contribution in [0.15, 0.2) is 23.2 Å². The summed E-state index contributed by atoms with van der Waals surface area (Å²) < 4.78 is 27.0. The molecule has 0 unspecified atom stereocenters. The zero-order chi connectivity index (χ0) is 16.3.